The van der Waals surface area contributed by atoms with E-state index >= 15 is 0 Å². The van der Waals surface area contributed by atoms with Gasteiger partial charge in [0.1, 0.15) is 12.4 Å². The van der Waals surface area contributed by atoms with Gasteiger partial charge in [-0.15, -0.1) is 0 Å². The molecule has 19 heavy (non-hydrogen) atoms. The van der Waals surface area contributed by atoms with Crippen LogP contribution in [0.4, 0.5) is 0 Å². The SMILES string of the molecule is O/N=C/c1ccc(OCc2ccc(Br)cc2)c(Br)c1. The number of oxime groups is 1. The molecule has 0 bridgehead atoms. The lowest BCUT2D eigenvalue weighted by atomic mass is 10.2. The Hall–Kier alpha value is -1.33. The molecule has 0 aliphatic carbocycles. The maximum atomic E-state index is 8.47. The fourth-order valence-electron chi connectivity index (χ4n) is 1.52. The lowest BCUT2D eigenvalue weighted by Crippen LogP contribution is -1.96. The van der Waals surface area contributed by atoms with Gasteiger partial charge in [-0.2, -0.15) is 0 Å². The first-order valence-electron chi connectivity index (χ1n) is 5.53. The molecule has 0 heterocycles. The van der Waals surface area contributed by atoms with Crippen LogP contribution in [0.2, 0.25) is 0 Å². The third-order valence-electron chi connectivity index (χ3n) is 2.47. The Bertz CT molecular complexity index is 582. The average Bonchev–Trinajstić information content (AvgIpc) is 2.40. The van der Waals surface area contributed by atoms with Gasteiger partial charge in [-0.3, -0.25) is 0 Å². The van der Waals surface area contributed by atoms with Crippen molar-refractivity contribution in [1.82, 2.24) is 0 Å². The van der Waals surface area contributed by atoms with E-state index in [2.05, 4.69) is 37.0 Å². The van der Waals surface area contributed by atoms with Gasteiger partial charge in [-0.1, -0.05) is 33.2 Å². The van der Waals surface area contributed by atoms with Crippen molar-refractivity contribution in [2.45, 2.75) is 6.61 Å². The Morgan fingerprint density at radius 3 is 2.47 bits per heavy atom. The van der Waals surface area contributed by atoms with E-state index in [9.17, 15) is 0 Å². The maximum absolute atomic E-state index is 8.47. The van der Waals surface area contributed by atoms with Gasteiger partial charge in [-0.25, -0.2) is 0 Å². The predicted octanol–water partition coefficient (Wildman–Crippen LogP) is 4.60. The zero-order valence-corrected chi connectivity index (χ0v) is 13.1. The minimum Gasteiger partial charge on any atom is -0.488 e. The number of rotatable bonds is 4. The lowest BCUT2D eigenvalue weighted by Gasteiger charge is -2.09. The topological polar surface area (TPSA) is 41.8 Å². The van der Waals surface area contributed by atoms with Gasteiger partial charge in [-0.05, 0) is 57.4 Å². The minimum atomic E-state index is 0.499. The molecule has 5 heteroatoms. The molecule has 2 rings (SSSR count). The molecule has 1 N–H and O–H groups in total. The van der Waals surface area contributed by atoms with E-state index in [1.807, 2.05) is 42.5 Å². The molecule has 0 saturated carbocycles. The molecule has 3 nitrogen and oxygen atoms in total. The van der Waals surface area contributed by atoms with Gasteiger partial charge in [0.05, 0.1) is 10.7 Å². The molecule has 0 radical (unpaired) electrons. The van der Waals surface area contributed by atoms with Crippen molar-refractivity contribution in [3.05, 3.63) is 62.5 Å². The summed E-state index contributed by atoms with van der Waals surface area (Å²) < 4.78 is 7.59. The fraction of sp³-hybridized carbons (Fsp3) is 0.0714. The van der Waals surface area contributed by atoms with E-state index < -0.39 is 0 Å². The zero-order chi connectivity index (χ0) is 13.7. The Balaban J connectivity index is 2.05. The van der Waals surface area contributed by atoms with Crippen LogP contribution in [-0.2, 0) is 6.61 Å². The Morgan fingerprint density at radius 1 is 1.11 bits per heavy atom. The van der Waals surface area contributed by atoms with Gasteiger partial charge >= 0.3 is 0 Å². The molecular formula is C14H11Br2NO2. The minimum absolute atomic E-state index is 0.499. The second-order valence-electron chi connectivity index (χ2n) is 3.85. The Kier molecular flexibility index (Phi) is 4.99. The van der Waals surface area contributed by atoms with Crippen molar-refractivity contribution in [1.29, 1.82) is 0 Å². The molecule has 0 aliphatic rings. The average molecular weight is 385 g/mol. The summed E-state index contributed by atoms with van der Waals surface area (Å²) in [5, 5.41) is 11.5. The summed E-state index contributed by atoms with van der Waals surface area (Å²) in [5.41, 5.74) is 1.89. The summed E-state index contributed by atoms with van der Waals surface area (Å²) >= 11 is 6.82. The van der Waals surface area contributed by atoms with Crippen molar-refractivity contribution in [2.24, 2.45) is 5.16 Å². The summed E-state index contributed by atoms with van der Waals surface area (Å²) in [6.45, 7) is 0.499. The highest BCUT2D eigenvalue weighted by Gasteiger charge is 2.02. The Morgan fingerprint density at radius 2 is 1.84 bits per heavy atom. The van der Waals surface area contributed by atoms with Gasteiger partial charge in [0, 0.05) is 4.47 Å². The summed E-state index contributed by atoms with van der Waals surface area (Å²) in [4.78, 5) is 0. The highest BCUT2D eigenvalue weighted by atomic mass is 79.9. The number of hydrogen-bond acceptors (Lipinski definition) is 3. The molecule has 98 valence electrons. The monoisotopic (exact) mass is 383 g/mol. The zero-order valence-electron chi connectivity index (χ0n) is 9.88. The smallest absolute Gasteiger partial charge is 0.134 e. The van der Waals surface area contributed by atoms with Crippen molar-refractivity contribution >= 4 is 38.1 Å². The Labute approximate surface area is 128 Å². The molecule has 0 fully saturated rings. The molecule has 0 amide bonds. The summed E-state index contributed by atoms with van der Waals surface area (Å²) in [7, 11) is 0. The van der Waals surface area contributed by atoms with Crippen molar-refractivity contribution in [3.8, 4) is 5.75 Å². The third-order valence-corrected chi connectivity index (χ3v) is 3.62. The van der Waals surface area contributed by atoms with Crippen LogP contribution in [0.1, 0.15) is 11.1 Å². The highest BCUT2D eigenvalue weighted by Crippen LogP contribution is 2.26. The molecule has 0 spiro atoms. The molecular weight excluding hydrogens is 374 g/mol. The van der Waals surface area contributed by atoms with Gasteiger partial charge in [0.25, 0.3) is 0 Å². The van der Waals surface area contributed by atoms with Crippen LogP contribution in [0, 0.1) is 0 Å². The normalized spacial score (nSPS) is 10.8. The van der Waals surface area contributed by atoms with Crippen molar-refractivity contribution in [3.63, 3.8) is 0 Å². The first-order chi connectivity index (χ1) is 9.19. The lowest BCUT2D eigenvalue weighted by molar-refractivity contribution is 0.304. The predicted molar refractivity (Wildman–Crippen MR) is 82.0 cm³/mol. The molecule has 2 aromatic rings. The molecule has 0 saturated heterocycles. The molecule has 0 unspecified atom stereocenters. The summed E-state index contributed by atoms with van der Waals surface area (Å²) in [6, 6.07) is 13.5. The summed E-state index contributed by atoms with van der Waals surface area (Å²) in [6.07, 6.45) is 1.36. The molecule has 0 aliphatic heterocycles. The van der Waals surface area contributed by atoms with Crippen LogP contribution in [0.3, 0.4) is 0 Å². The van der Waals surface area contributed by atoms with Gasteiger partial charge in [0.2, 0.25) is 0 Å². The summed E-state index contributed by atoms with van der Waals surface area (Å²) in [5.74, 6) is 0.748. The molecule has 2 aromatic carbocycles. The fourth-order valence-corrected chi connectivity index (χ4v) is 2.30. The van der Waals surface area contributed by atoms with E-state index in [1.165, 1.54) is 6.21 Å². The van der Waals surface area contributed by atoms with E-state index in [4.69, 9.17) is 9.94 Å². The van der Waals surface area contributed by atoms with E-state index in [0.29, 0.717) is 6.61 Å². The van der Waals surface area contributed by atoms with Crippen LogP contribution in [0.5, 0.6) is 5.75 Å². The van der Waals surface area contributed by atoms with Crippen molar-refractivity contribution < 1.29 is 9.94 Å². The first kappa shape index (κ1) is 14.1. The van der Waals surface area contributed by atoms with E-state index in [0.717, 1.165) is 25.8 Å². The van der Waals surface area contributed by atoms with Crippen LogP contribution < -0.4 is 4.74 Å². The van der Waals surface area contributed by atoms with Crippen molar-refractivity contribution in [2.75, 3.05) is 0 Å². The van der Waals surface area contributed by atoms with Crippen LogP contribution in [0.25, 0.3) is 0 Å². The second-order valence-corrected chi connectivity index (χ2v) is 5.62. The number of ether oxygens (including phenoxy) is 1. The number of hydrogen-bond donors (Lipinski definition) is 1. The van der Waals surface area contributed by atoms with Crippen LogP contribution in [0.15, 0.2) is 56.6 Å². The van der Waals surface area contributed by atoms with Gasteiger partial charge < -0.3 is 9.94 Å². The maximum Gasteiger partial charge on any atom is 0.134 e. The van der Waals surface area contributed by atoms with Crippen LogP contribution >= 0.6 is 31.9 Å². The standard InChI is InChI=1S/C14H11Br2NO2/c15-12-4-1-10(2-5-12)9-19-14-6-3-11(8-17-18)7-13(14)16/h1-8,18H,9H2/b17-8+. The second kappa shape index (κ2) is 6.73. The largest absolute Gasteiger partial charge is 0.488 e. The molecule has 0 aromatic heterocycles. The quantitative estimate of drug-likeness (QED) is 0.475. The highest BCUT2D eigenvalue weighted by molar-refractivity contribution is 9.10. The van der Waals surface area contributed by atoms with Gasteiger partial charge in [0.15, 0.2) is 0 Å². The number of nitrogens with zero attached hydrogens (tertiary/aromatic N) is 1. The molecule has 0 atom stereocenters. The number of halogens is 2. The van der Waals surface area contributed by atoms with E-state index in [-0.39, 0.29) is 0 Å². The third kappa shape index (κ3) is 4.08. The van der Waals surface area contributed by atoms with E-state index in [1.54, 1.807) is 0 Å². The first-order valence-corrected chi connectivity index (χ1v) is 7.12. The van der Waals surface area contributed by atoms with Crippen LogP contribution in [-0.4, -0.2) is 11.4 Å². The number of benzene rings is 2.